The number of nitrogens with two attached hydrogens (primary N) is 1. The lowest BCUT2D eigenvalue weighted by Gasteiger charge is -2.35. The van der Waals surface area contributed by atoms with Gasteiger partial charge in [-0.05, 0) is 49.9 Å². The van der Waals surface area contributed by atoms with Crippen molar-refractivity contribution in [2.75, 3.05) is 6.54 Å². The van der Waals surface area contributed by atoms with Crippen LogP contribution in [0.1, 0.15) is 57.8 Å². The van der Waals surface area contributed by atoms with Crippen molar-refractivity contribution in [3.8, 4) is 0 Å². The van der Waals surface area contributed by atoms with Crippen molar-refractivity contribution in [3.63, 3.8) is 0 Å². The lowest BCUT2D eigenvalue weighted by molar-refractivity contribution is 0.228. The highest BCUT2D eigenvalue weighted by atomic mass is 15.0. The van der Waals surface area contributed by atoms with E-state index in [1.54, 1.807) is 0 Å². The van der Waals surface area contributed by atoms with Gasteiger partial charge < -0.3 is 11.1 Å². The Balaban J connectivity index is 1.54. The third kappa shape index (κ3) is 2.53. The fourth-order valence-corrected chi connectivity index (χ4v) is 4.66. The van der Waals surface area contributed by atoms with E-state index in [1.807, 2.05) is 0 Å². The number of hydrogen-bond donors (Lipinski definition) is 2. The van der Waals surface area contributed by atoms with Crippen molar-refractivity contribution < 1.29 is 0 Å². The molecule has 0 radical (unpaired) electrons. The second kappa shape index (κ2) is 5.27. The summed E-state index contributed by atoms with van der Waals surface area (Å²) in [6.45, 7) is 0.846. The highest BCUT2D eigenvalue weighted by Crippen LogP contribution is 2.44. The van der Waals surface area contributed by atoms with Gasteiger partial charge in [0.2, 0.25) is 0 Å². The topological polar surface area (TPSA) is 38.0 Å². The Morgan fingerprint density at radius 3 is 2.41 bits per heavy atom. The maximum Gasteiger partial charge on any atom is 0.0221 e. The van der Waals surface area contributed by atoms with Gasteiger partial charge in [-0.25, -0.2) is 0 Å². The molecule has 3 N–H and O–H groups in total. The second-order valence-corrected chi connectivity index (χ2v) is 6.69. The summed E-state index contributed by atoms with van der Waals surface area (Å²) < 4.78 is 0. The molecule has 0 saturated heterocycles. The zero-order chi connectivity index (χ0) is 11.7. The third-order valence-electron chi connectivity index (χ3n) is 5.64. The van der Waals surface area contributed by atoms with E-state index < -0.39 is 0 Å². The van der Waals surface area contributed by atoms with Gasteiger partial charge in [0, 0.05) is 18.6 Å². The molecule has 3 saturated carbocycles. The highest BCUT2D eigenvalue weighted by Gasteiger charge is 2.40. The smallest absolute Gasteiger partial charge is 0.0221 e. The van der Waals surface area contributed by atoms with Gasteiger partial charge in [-0.15, -0.1) is 0 Å². The first kappa shape index (κ1) is 12.0. The van der Waals surface area contributed by atoms with E-state index in [4.69, 9.17) is 5.73 Å². The molecule has 2 bridgehead atoms. The molecule has 4 atom stereocenters. The average molecular weight is 236 g/mol. The standard InChI is InChI=1S/C15H28N2/c16-10-15(12-4-2-1-3-5-12)17-14-9-11-6-7-13(14)8-11/h11-15,17H,1-10,16H2. The molecule has 0 spiro atoms. The molecule has 17 heavy (non-hydrogen) atoms. The molecule has 0 aromatic heterocycles. The summed E-state index contributed by atoms with van der Waals surface area (Å²) in [7, 11) is 0. The molecular formula is C15H28N2. The molecule has 2 nitrogen and oxygen atoms in total. The molecule has 0 aromatic rings. The number of hydrogen-bond acceptors (Lipinski definition) is 2. The van der Waals surface area contributed by atoms with Crippen LogP contribution in [0.3, 0.4) is 0 Å². The van der Waals surface area contributed by atoms with Crippen LogP contribution in [0.25, 0.3) is 0 Å². The van der Waals surface area contributed by atoms with Crippen LogP contribution in [0.4, 0.5) is 0 Å². The molecule has 98 valence electrons. The van der Waals surface area contributed by atoms with Crippen LogP contribution in [0.15, 0.2) is 0 Å². The Bertz CT molecular complexity index is 247. The van der Waals surface area contributed by atoms with Gasteiger partial charge in [-0.1, -0.05) is 25.7 Å². The van der Waals surface area contributed by atoms with Crippen LogP contribution >= 0.6 is 0 Å². The lowest BCUT2D eigenvalue weighted by Crippen LogP contribution is -2.49. The Hall–Kier alpha value is -0.0800. The van der Waals surface area contributed by atoms with Gasteiger partial charge in [0.25, 0.3) is 0 Å². The summed E-state index contributed by atoms with van der Waals surface area (Å²) in [6, 6.07) is 1.42. The molecule has 0 heterocycles. The minimum atomic E-state index is 0.611. The molecule has 3 aliphatic rings. The van der Waals surface area contributed by atoms with E-state index in [-0.39, 0.29) is 0 Å². The number of rotatable bonds is 4. The zero-order valence-electron chi connectivity index (χ0n) is 11.0. The molecule has 2 heteroatoms. The average Bonchev–Trinajstić information content (AvgIpc) is 2.99. The molecule has 3 rings (SSSR count). The van der Waals surface area contributed by atoms with Gasteiger partial charge in [0.05, 0.1) is 0 Å². The van der Waals surface area contributed by atoms with Crippen molar-refractivity contribution in [3.05, 3.63) is 0 Å². The van der Waals surface area contributed by atoms with Crippen LogP contribution in [-0.4, -0.2) is 18.6 Å². The van der Waals surface area contributed by atoms with Gasteiger partial charge >= 0.3 is 0 Å². The first-order valence-corrected chi connectivity index (χ1v) is 7.83. The van der Waals surface area contributed by atoms with Gasteiger partial charge in [0.1, 0.15) is 0 Å². The zero-order valence-corrected chi connectivity index (χ0v) is 11.0. The number of fused-ring (bicyclic) bond motifs is 2. The maximum atomic E-state index is 6.02. The quantitative estimate of drug-likeness (QED) is 0.787. The Kier molecular flexibility index (Phi) is 3.72. The highest BCUT2D eigenvalue weighted by molar-refractivity contribution is 4.96. The van der Waals surface area contributed by atoms with Crippen LogP contribution in [0.2, 0.25) is 0 Å². The molecule has 3 fully saturated rings. The SMILES string of the molecule is NCC(NC1CC2CCC1C2)C1CCCCC1. The monoisotopic (exact) mass is 236 g/mol. The van der Waals surface area contributed by atoms with Crippen molar-refractivity contribution in [2.24, 2.45) is 23.5 Å². The van der Waals surface area contributed by atoms with Crippen LogP contribution < -0.4 is 11.1 Å². The summed E-state index contributed by atoms with van der Waals surface area (Å²) in [5.74, 6) is 2.90. The minimum Gasteiger partial charge on any atom is -0.329 e. The van der Waals surface area contributed by atoms with Crippen LogP contribution in [-0.2, 0) is 0 Å². The van der Waals surface area contributed by atoms with E-state index in [0.717, 1.165) is 30.3 Å². The Labute approximate surface area is 106 Å². The van der Waals surface area contributed by atoms with E-state index in [9.17, 15) is 0 Å². The number of nitrogens with one attached hydrogen (secondary N) is 1. The van der Waals surface area contributed by atoms with Crippen molar-refractivity contribution in [1.82, 2.24) is 5.32 Å². The predicted octanol–water partition coefficient (Wildman–Crippen LogP) is 2.67. The largest absolute Gasteiger partial charge is 0.329 e. The fraction of sp³-hybridized carbons (Fsp3) is 1.00. The van der Waals surface area contributed by atoms with E-state index in [0.29, 0.717) is 6.04 Å². The van der Waals surface area contributed by atoms with Crippen molar-refractivity contribution in [2.45, 2.75) is 69.9 Å². The summed E-state index contributed by atoms with van der Waals surface area (Å²) in [4.78, 5) is 0. The van der Waals surface area contributed by atoms with Gasteiger partial charge in [-0.3, -0.25) is 0 Å². The molecule has 3 aliphatic carbocycles. The molecule has 0 aromatic carbocycles. The summed E-state index contributed by atoms with van der Waals surface area (Å²) in [5, 5.41) is 3.94. The van der Waals surface area contributed by atoms with Crippen molar-refractivity contribution >= 4 is 0 Å². The predicted molar refractivity (Wildman–Crippen MR) is 71.8 cm³/mol. The van der Waals surface area contributed by atoms with Crippen molar-refractivity contribution in [1.29, 1.82) is 0 Å². The van der Waals surface area contributed by atoms with E-state index >= 15 is 0 Å². The first-order chi connectivity index (χ1) is 8.36. The molecular weight excluding hydrogens is 208 g/mol. The van der Waals surface area contributed by atoms with Gasteiger partial charge in [0.15, 0.2) is 0 Å². The fourth-order valence-electron chi connectivity index (χ4n) is 4.66. The minimum absolute atomic E-state index is 0.611. The summed E-state index contributed by atoms with van der Waals surface area (Å²) >= 11 is 0. The Morgan fingerprint density at radius 2 is 1.82 bits per heavy atom. The van der Waals surface area contributed by atoms with Crippen LogP contribution in [0.5, 0.6) is 0 Å². The van der Waals surface area contributed by atoms with Crippen LogP contribution in [0, 0.1) is 17.8 Å². The molecule has 0 aliphatic heterocycles. The molecule has 0 amide bonds. The summed E-state index contributed by atoms with van der Waals surface area (Å²) in [6.07, 6.45) is 13.0. The molecule has 4 unspecified atom stereocenters. The Morgan fingerprint density at radius 1 is 1.00 bits per heavy atom. The maximum absolute atomic E-state index is 6.02. The lowest BCUT2D eigenvalue weighted by atomic mass is 9.83. The first-order valence-electron chi connectivity index (χ1n) is 7.83. The summed E-state index contributed by atoms with van der Waals surface area (Å²) in [5.41, 5.74) is 6.02. The second-order valence-electron chi connectivity index (χ2n) is 6.69. The van der Waals surface area contributed by atoms with E-state index in [2.05, 4.69) is 5.32 Å². The third-order valence-corrected chi connectivity index (χ3v) is 5.64. The normalized spacial score (nSPS) is 39.7. The van der Waals surface area contributed by atoms with Gasteiger partial charge in [-0.2, -0.15) is 0 Å². The van der Waals surface area contributed by atoms with E-state index in [1.165, 1.54) is 57.8 Å².